The van der Waals surface area contributed by atoms with Gasteiger partial charge in [0.1, 0.15) is 11.5 Å². The quantitative estimate of drug-likeness (QED) is 0.587. The van der Waals surface area contributed by atoms with Crippen LogP contribution in [0.15, 0.2) is 66.8 Å². The predicted octanol–water partition coefficient (Wildman–Crippen LogP) is 6.60. The molecule has 0 aliphatic carbocycles. The number of pyridine rings is 1. The molecular weight excluding hydrogens is 358 g/mol. The smallest absolute Gasteiger partial charge is 0.146 e. The summed E-state index contributed by atoms with van der Waals surface area (Å²) in [6.07, 6.45) is 2.98. The predicted molar refractivity (Wildman–Crippen MR) is 105 cm³/mol. The Morgan fingerprint density at radius 2 is 1.76 bits per heavy atom. The Morgan fingerprint density at radius 3 is 2.36 bits per heavy atom. The molecule has 0 radical (unpaired) electrons. The summed E-state index contributed by atoms with van der Waals surface area (Å²) in [5, 5.41) is 0.843. The van der Waals surface area contributed by atoms with E-state index < -0.39 is 0 Å². The van der Waals surface area contributed by atoms with Gasteiger partial charge in [0.05, 0.1) is 21.4 Å². The van der Waals surface area contributed by atoms with Gasteiger partial charge in [-0.05, 0) is 17.7 Å². The molecule has 1 aliphatic heterocycles. The van der Waals surface area contributed by atoms with Gasteiger partial charge in [-0.3, -0.25) is 4.98 Å². The molecule has 1 aromatic heterocycles. The molecule has 1 aromatic carbocycles. The van der Waals surface area contributed by atoms with E-state index in [1.807, 2.05) is 44.2 Å². The molecule has 25 heavy (non-hydrogen) atoms. The van der Waals surface area contributed by atoms with Crippen LogP contribution in [0.5, 0.6) is 0 Å². The number of nitrogens with zero attached hydrogens (tertiary/aromatic N) is 2. The van der Waals surface area contributed by atoms with Crippen molar-refractivity contribution in [2.24, 2.45) is 0 Å². The number of aromatic nitrogens is 1. The fourth-order valence-corrected chi connectivity index (χ4v) is 2.94. The average Bonchev–Trinajstić information content (AvgIpc) is 2.63. The molecule has 0 spiro atoms. The highest BCUT2D eigenvalue weighted by molar-refractivity contribution is 6.35. The van der Waals surface area contributed by atoms with Crippen molar-refractivity contribution in [2.75, 3.05) is 7.05 Å². The number of hydrogen-bond donors (Lipinski definition) is 0. The maximum Gasteiger partial charge on any atom is 0.146 e. The molecule has 0 saturated carbocycles. The summed E-state index contributed by atoms with van der Waals surface area (Å²) in [6.45, 7) is 7.78. The molecule has 5 heteroatoms. The first-order valence-electron chi connectivity index (χ1n) is 7.90. The molecule has 0 amide bonds. The van der Waals surface area contributed by atoms with Crippen molar-refractivity contribution in [3.8, 4) is 0 Å². The topological polar surface area (TPSA) is 16.1 Å². The van der Waals surface area contributed by atoms with Crippen LogP contribution in [0.3, 0.4) is 0 Å². The number of halogens is 3. The largest absolute Gasteiger partial charge is 0.340 e. The Morgan fingerprint density at radius 1 is 1.12 bits per heavy atom. The minimum absolute atomic E-state index is 0.257. The fourth-order valence-electron chi connectivity index (χ4n) is 2.47. The molecule has 130 valence electrons. The highest BCUT2D eigenvalue weighted by Crippen LogP contribution is 2.40. The maximum absolute atomic E-state index is 14.2. The third kappa shape index (κ3) is 3.94. The fraction of sp³-hybridized carbons (Fsp3) is 0.150. The number of allylic oxidation sites excluding steroid dienone is 3. The van der Waals surface area contributed by atoms with Gasteiger partial charge in [0, 0.05) is 18.8 Å². The van der Waals surface area contributed by atoms with E-state index in [-0.39, 0.29) is 11.5 Å². The van der Waals surface area contributed by atoms with Crippen molar-refractivity contribution in [3.05, 3.63) is 88.1 Å². The van der Waals surface area contributed by atoms with Crippen LogP contribution in [-0.2, 0) is 0 Å². The van der Waals surface area contributed by atoms with Gasteiger partial charge in [-0.15, -0.1) is 0 Å². The van der Waals surface area contributed by atoms with Gasteiger partial charge in [-0.2, -0.15) is 0 Å². The zero-order chi connectivity index (χ0) is 18.6. The second-order valence-electron chi connectivity index (χ2n) is 5.11. The zero-order valence-electron chi connectivity index (χ0n) is 14.4. The van der Waals surface area contributed by atoms with Gasteiger partial charge in [0.25, 0.3) is 0 Å². The van der Waals surface area contributed by atoms with Crippen LogP contribution in [0.4, 0.5) is 4.39 Å². The normalized spacial score (nSPS) is 14.1. The van der Waals surface area contributed by atoms with E-state index in [1.165, 1.54) is 12.3 Å². The van der Waals surface area contributed by atoms with E-state index in [1.54, 1.807) is 18.0 Å². The lowest BCUT2D eigenvalue weighted by Gasteiger charge is -2.30. The van der Waals surface area contributed by atoms with Gasteiger partial charge in [-0.1, -0.05) is 74.0 Å². The Bertz CT molecular complexity index is 842. The van der Waals surface area contributed by atoms with Crippen LogP contribution in [0.25, 0.3) is 11.3 Å². The highest BCUT2D eigenvalue weighted by Gasteiger charge is 2.26. The molecule has 0 saturated heterocycles. The minimum Gasteiger partial charge on any atom is -0.340 e. The summed E-state index contributed by atoms with van der Waals surface area (Å²) >= 11 is 12.2. The van der Waals surface area contributed by atoms with Crippen LogP contribution < -0.4 is 0 Å². The minimum atomic E-state index is -0.389. The second kappa shape index (κ2) is 8.32. The Kier molecular flexibility index (Phi) is 6.40. The van der Waals surface area contributed by atoms with Crippen molar-refractivity contribution >= 4 is 34.5 Å². The highest BCUT2D eigenvalue weighted by atomic mass is 35.5. The molecule has 2 aromatic rings. The first-order valence-corrected chi connectivity index (χ1v) is 8.66. The molecule has 0 N–H and O–H groups in total. The Hall–Kier alpha value is -2.10. The lowest BCUT2D eigenvalue weighted by Crippen LogP contribution is -2.21. The molecule has 3 rings (SSSR count). The number of likely N-dealkylation sites (N-methyl/N-ethyl adjacent to an activating group) is 1. The van der Waals surface area contributed by atoms with E-state index >= 15 is 0 Å². The Balaban J connectivity index is 0.00000109. The standard InChI is InChI=1S/C18H13Cl2FN2.C2H6/c1-11-16(21)9-14(12-6-4-3-5-7-12)18(23(11)2)17-15(20)8-13(19)10-22-17;1-2/h3-10H,1H2,2H3;1-2H3. The van der Waals surface area contributed by atoms with Crippen LogP contribution in [0.2, 0.25) is 10.0 Å². The summed E-state index contributed by atoms with van der Waals surface area (Å²) in [6, 6.07) is 11.1. The van der Waals surface area contributed by atoms with E-state index in [2.05, 4.69) is 11.6 Å². The van der Waals surface area contributed by atoms with Gasteiger partial charge in [0.2, 0.25) is 0 Å². The zero-order valence-corrected chi connectivity index (χ0v) is 15.9. The molecule has 1 aliphatic rings. The SMILES string of the molecule is C=C1C(F)=CC(c2ccccc2)=C(c2ncc(Cl)cc2Cl)N1C.CC. The summed E-state index contributed by atoms with van der Waals surface area (Å²) < 4.78 is 14.2. The van der Waals surface area contributed by atoms with Crippen LogP contribution in [-0.4, -0.2) is 16.9 Å². The maximum atomic E-state index is 14.2. The number of hydrogen-bond acceptors (Lipinski definition) is 2. The summed E-state index contributed by atoms with van der Waals surface area (Å²) in [5.41, 5.74) is 3.03. The van der Waals surface area contributed by atoms with E-state index in [0.717, 1.165) is 5.56 Å². The van der Waals surface area contributed by atoms with Crippen molar-refractivity contribution in [2.45, 2.75) is 13.8 Å². The monoisotopic (exact) mass is 376 g/mol. The Labute approximate surface area is 157 Å². The molecule has 2 nitrogen and oxygen atoms in total. The van der Waals surface area contributed by atoms with Crippen molar-refractivity contribution in [1.29, 1.82) is 0 Å². The lowest BCUT2D eigenvalue weighted by molar-refractivity contribution is 0.528. The van der Waals surface area contributed by atoms with Gasteiger partial charge < -0.3 is 4.90 Å². The summed E-state index contributed by atoms with van der Waals surface area (Å²) in [7, 11) is 1.74. The average molecular weight is 377 g/mol. The molecule has 0 unspecified atom stereocenters. The summed E-state index contributed by atoms with van der Waals surface area (Å²) in [4.78, 5) is 5.98. The van der Waals surface area contributed by atoms with Crippen LogP contribution in [0.1, 0.15) is 25.1 Å². The number of benzene rings is 1. The van der Waals surface area contributed by atoms with Crippen LogP contribution >= 0.6 is 23.2 Å². The third-order valence-electron chi connectivity index (χ3n) is 3.66. The lowest BCUT2D eigenvalue weighted by atomic mass is 9.97. The van der Waals surface area contributed by atoms with Gasteiger partial charge in [-0.25, -0.2) is 4.39 Å². The first-order chi connectivity index (χ1) is 12.0. The van der Waals surface area contributed by atoms with Crippen molar-refractivity contribution in [1.82, 2.24) is 9.88 Å². The molecule has 0 atom stereocenters. The molecule has 0 fully saturated rings. The first kappa shape index (κ1) is 19.2. The number of rotatable bonds is 2. The van der Waals surface area contributed by atoms with E-state index in [9.17, 15) is 4.39 Å². The van der Waals surface area contributed by atoms with Gasteiger partial charge in [0.15, 0.2) is 0 Å². The third-order valence-corrected chi connectivity index (χ3v) is 4.15. The molecular formula is C20H19Cl2FN2. The molecule has 0 bridgehead atoms. The second-order valence-corrected chi connectivity index (χ2v) is 5.95. The summed E-state index contributed by atoms with van der Waals surface area (Å²) in [5.74, 6) is -0.389. The van der Waals surface area contributed by atoms with E-state index in [0.29, 0.717) is 27.0 Å². The molecule has 2 heterocycles. The van der Waals surface area contributed by atoms with Gasteiger partial charge >= 0.3 is 0 Å². The van der Waals surface area contributed by atoms with E-state index in [4.69, 9.17) is 23.2 Å². The van der Waals surface area contributed by atoms with Crippen LogP contribution in [0, 0.1) is 0 Å². The van der Waals surface area contributed by atoms with Crippen molar-refractivity contribution < 1.29 is 4.39 Å². The van der Waals surface area contributed by atoms with Crippen molar-refractivity contribution in [3.63, 3.8) is 0 Å².